The summed E-state index contributed by atoms with van der Waals surface area (Å²) in [6, 6.07) is 62.2. The molecule has 0 bridgehead atoms. The van der Waals surface area contributed by atoms with Crippen molar-refractivity contribution in [2.75, 3.05) is 0 Å². The molecule has 0 aliphatic rings. The Morgan fingerprint density at radius 3 is 1.56 bits per heavy atom. The van der Waals surface area contributed by atoms with Crippen molar-refractivity contribution in [1.82, 2.24) is 19.1 Å². The molecule has 0 fully saturated rings. The van der Waals surface area contributed by atoms with Crippen LogP contribution in [0.25, 0.3) is 99.2 Å². The second-order valence-corrected chi connectivity index (χ2v) is 13.7. The minimum atomic E-state index is -0.0729. The molecule has 11 aromatic rings. The Bertz CT molecular complexity index is 3330. The van der Waals surface area contributed by atoms with Crippen molar-refractivity contribution in [3.8, 4) is 34.0 Å². The normalized spacial score (nSPS) is 11.8. The number of rotatable bonds is 4. The van der Waals surface area contributed by atoms with Crippen LogP contribution in [0.15, 0.2) is 187 Å². The quantitative estimate of drug-likeness (QED) is 0.173. The first-order chi connectivity index (χ1) is 26.7. The standard InChI is InChI=1S/C49H30N4O/c54-48-38-22-10-9-21-37(38)43-35-19-7-8-20-36(35)44-40-24-12-14-26-42(40)53(47(44)46(43)52(48)34-17-5-2-6-18-34)49-50-41-25-13-11-23-39(41)45(51-49)33-29-27-32(28-30-33)31-15-3-1-4-16-31/h1-30H. The van der Waals surface area contributed by atoms with E-state index in [1.165, 1.54) is 5.56 Å². The fourth-order valence-electron chi connectivity index (χ4n) is 8.37. The Kier molecular flexibility index (Phi) is 6.64. The maximum Gasteiger partial charge on any atom is 0.263 e. The van der Waals surface area contributed by atoms with Gasteiger partial charge in [-0.05, 0) is 57.6 Å². The molecule has 0 amide bonds. The highest BCUT2D eigenvalue weighted by Gasteiger charge is 2.25. The van der Waals surface area contributed by atoms with Crippen LogP contribution in [0.1, 0.15) is 0 Å². The monoisotopic (exact) mass is 690 g/mol. The molecule has 252 valence electrons. The van der Waals surface area contributed by atoms with Crippen LogP contribution in [0.3, 0.4) is 0 Å². The Labute approximate surface area is 309 Å². The summed E-state index contributed by atoms with van der Waals surface area (Å²) in [4.78, 5) is 25.6. The van der Waals surface area contributed by atoms with Crippen LogP contribution in [0.4, 0.5) is 0 Å². The van der Waals surface area contributed by atoms with Gasteiger partial charge in [0.05, 0.1) is 27.8 Å². The van der Waals surface area contributed by atoms with Crippen LogP contribution in [0, 0.1) is 0 Å². The molecule has 3 aromatic heterocycles. The highest BCUT2D eigenvalue weighted by atomic mass is 16.1. The summed E-state index contributed by atoms with van der Waals surface area (Å²) in [5.74, 6) is 0.541. The predicted octanol–water partition coefficient (Wildman–Crippen LogP) is 11.7. The van der Waals surface area contributed by atoms with Crippen molar-refractivity contribution < 1.29 is 0 Å². The Morgan fingerprint density at radius 2 is 0.852 bits per heavy atom. The van der Waals surface area contributed by atoms with Crippen LogP contribution in [-0.2, 0) is 0 Å². The van der Waals surface area contributed by atoms with E-state index in [9.17, 15) is 4.79 Å². The lowest BCUT2D eigenvalue weighted by molar-refractivity contribution is 1.01. The zero-order chi connectivity index (χ0) is 35.8. The fourth-order valence-corrected chi connectivity index (χ4v) is 8.37. The lowest BCUT2D eigenvalue weighted by Gasteiger charge is -2.19. The smallest absolute Gasteiger partial charge is 0.263 e. The van der Waals surface area contributed by atoms with Gasteiger partial charge in [-0.15, -0.1) is 0 Å². The van der Waals surface area contributed by atoms with Crippen LogP contribution < -0.4 is 5.56 Å². The van der Waals surface area contributed by atoms with E-state index in [0.29, 0.717) is 11.3 Å². The van der Waals surface area contributed by atoms with E-state index in [2.05, 4.69) is 120 Å². The molecule has 0 aliphatic heterocycles. The highest BCUT2D eigenvalue weighted by molar-refractivity contribution is 6.35. The summed E-state index contributed by atoms with van der Waals surface area (Å²) in [6.07, 6.45) is 0. The van der Waals surface area contributed by atoms with Gasteiger partial charge in [0.2, 0.25) is 5.95 Å². The third kappa shape index (κ3) is 4.42. The van der Waals surface area contributed by atoms with Crippen LogP contribution >= 0.6 is 0 Å². The van der Waals surface area contributed by atoms with Gasteiger partial charge in [0, 0.05) is 38.2 Å². The number of hydrogen-bond acceptors (Lipinski definition) is 3. The SMILES string of the molecule is O=c1c2ccccc2c2c3ccccc3c3c4ccccc4n(-c4nc(-c5ccc(-c6ccccc6)cc5)c5ccccc5n4)c3c2n1-c1ccccc1. The van der Waals surface area contributed by atoms with Gasteiger partial charge in [0.25, 0.3) is 5.56 Å². The number of pyridine rings is 1. The predicted molar refractivity (Wildman–Crippen MR) is 223 cm³/mol. The van der Waals surface area contributed by atoms with Gasteiger partial charge in [0.1, 0.15) is 0 Å². The largest absolute Gasteiger partial charge is 0.276 e. The van der Waals surface area contributed by atoms with Crippen molar-refractivity contribution in [3.05, 3.63) is 192 Å². The average Bonchev–Trinajstić information content (AvgIpc) is 3.60. The van der Waals surface area contributed by atoms with E-state index in [1.807, 2.05) is 71.3 Å². The minimum absolute atomic E-state index is 0.0729. The van der Waals surface area contributed by atoms with E-state index in [4.69, 9.17) is 9.97 Å². The number of nitrogens with zero attached hydrogens (tertiary/aromatic N) is 4. The first-order valence-corrected chi connectivity index (χ1v) is 18.1. The first kappa shape index (κ1) is 30.3. The van der Waals surface area contributed by atoms with Gasteiger partial charge in [-0.1, -0.05) is 152 Å². The summed E-state index contributed by atoms with van der Waals surface area (Å²) in [5, 5.41) is 7.88. The van der Waals surface area contributed by atoms with Gasteiger partial charge in [0.15, 0.2) is 0 Å². The number of fused-ring (bicyclic) bond motifs is 11. The first-order valence-electron chi connectivity index (χ1n) is 18.1. The van der Waals surface area contributed by atoms with E-state index >= 15 is 0 Å². The summed E-state index contributed by atoms with van der Waals surface area (Å²) in [6.45, 7) is 0. The van der Waals surface area contributed by atoms with E-state index in [-0.39, 0.29) is 5.56 Å². The molecule has 11 rings (SSSR count). The zero-order valence-corrected chi connectivity index (χ0v) is 29.0. The average molecular weight is 691 g/mol. The number of para-hydroxylation sites is 3. The summed E-state index contributed by atoms with van der Waals surface area (Å²) < 4.78 is 4.08. The topological polar surface area (TPSA) is 52.7 Å². The summed E-state index contributed by atoms with van der Waals surface area (Å²) >= 11 is 0. The van der Waals surface area contributed by atoms with E-state index < -0.39 is 0 Å². The third-order valence-corrected chi connectivity index (χ3v) is 10.7. The lowest BCUT2D eigenvalue weighted by atomic mass is 9.95. The molecule has 3 heterocycles. The molecule has 0 N–H and O–H groups in total. The van der Waals surface area contributed by atoms with Crippen LogP contribution in [0.5, 0.6) is 0 Å². The van der Waals surface area contributed by atoms with Crippen molar-refractivity contribution in [1.29, 1.82) is 0 Å². The van der Waals surface area contributed by atoms with Crippen molar-refractivity contribution in [2.45, 2.75) is 0 Å². The molecule has 0 saturated carbocycles. The Morgan fingerprint density at radius 1 is 0.370 bits per heavy atom. The molecule has 0 radical (unpaired) electrons. The maximum absolute atomic E-state index is 14.9. The van der Waals surface area contributed by atoms with Crippen molar-refractivity contribution >= 4 is 65.2 Å². The molecule has 0 aliphatic carbocycles. The number of aromatic nitrogens is 4. The summed E-state index contributed by atoms with van der Waals surface area (Å²) in [5.41, 5.74) is 8.38. The molecule has 0 saturated heterocycles. The maximum atomic E-state index is 14.9. The van der Waals surface area contributed by atoms with E-state index in [0.717, 1.165) is 82.3 Å². The lowest BCUT2D eigenvalue weighted by Crippen LogP contribution is -2.20. The molecule has 0 atom stereocenters. The molecule has 5 heteroatoms. The second-order valence-electron chi connectivity index (χ2n) is 13.7. The van der Waals surface area contributed by atoms with Gasteiger partial charge in [-0.3, -0.25) is 13.9 Å². The highest BCUT2D eigenvalue weighted by Crippen LogP contribution is 2.44. The second kappa shape index (κ2) is 11.8. The summed E-state index contributed by atoms with van der Waals surface area (Å²) in [7, 11) is 0. The van der Waals surface area contributed by atoms with E-state index in [1.54, 1.807) is 0 Å². The molecule has 54 heavy (non-hydrogen) atoms. The molecular weight excluding hydrogens is 661 g/mol. The van der Waals surface area contributed by atoms with Crippen molar-refractivity contribution in [2.24, 2.45) is 0 Å². The third-order valence-electron chi connectivity index (χ3n) is 10.7. The zero-order valence-electron chi connectivity index (χ0n) is 29.0. The van der Waals surface area contributed by atoms with Gasteiger partial charge in [-0.2, -0.15) is 0 Å². The number of hydrogen-bond donors (Lipinski definition) is 0. The van der Waals surface area contributed by atoms with Gasteiger partial charge >= 0.3 is 0 Å². The molecule has 8 aromatic carbocycles. The van der Waals surface area contributed by atoms with Gasteiger partial charge < -0.3 is 0 Å². The van der Waals surface area contributed by atoms with Crippen LogP contribution in [-0.4, -0.2) is 19.1 Å². The Balaban J connectivity index is 1.33. The fraction of sp³-hybridized carbons (Fsp3) is 0. The Hall–Kier alpha value is -7.37. The van der Waals surface area contributed by atoms with Gasteiger partial charge in [-0.25, -0.2) is 9.97 Å². The molecule has 0 unspecified atom stereocenters. The number of benzene rings is 8. The van der Waals surface area contributed by atoms with Crippen molar-refractivity contribution in [3.63, 3.8) is 0 Å². The molecule has 5 nitrogen and oxygen atoms in total. The van der Waals surface area contributed by atoms with Crippen LogP contribution in [0.2, 0.25) is 0 Å². The molecule has 0 spiro atoms. The molecular formula is C49H30N4O. The minimum Gasteiger partial charge on any atom is -0.276 e.